The summed E-state index contributed by atoms with van der Waals surface area (Å²) in [5.41, 5.74) is -1.99. The Morgan fingerprint density at radius 2 is 2.04 bits per heavy atom. The first kappa shape index (κ1) is 17.2. The number of carboxylic acid groups (broad SMARTS) is 1. The van der Waals surface area contributed by atoms with Crippen LogP contribution in [0.4, 0.5) is 17.6 Å². The van der Waals surface area contributed by atoms with E-state index in [-0.39, 0.29) is 24.4 Å². The zero-order valence-corrected chi connectivity index (χ0v) is 12.8. The zero-order valence-electron chi connectivity index (χ0n) is 12.8. The number of halogens is 4. The number of alkyl halides is 3. The van der Waals surface area contributed by atoms with Gasteiger partial charge < -0.3 is 5.11 Å². The second-order valence-electron chi connectivity index (χ2n) is 5.82. The van der Waals surface area contributed by atoms with Crippen LogP contribution in [-0.2, 0) is 23.9 Å². The lowest BCUT2D eigenvalue weighted by Gasteiger charge is -2.19. The number of fused-ring (bicyclic) bond motifs is 1. The van der Waals surface area contributed by atoms with Crippen LogP contribution in [0.3, 0.4) is 0 Å². The third-order valence-corrected chi connectivity index (χ3v) is 4.03. The van der Waals surface area contributed by atoms with Crippen LogP contribution in [0.1, 0.15) is 35.8 Å². The molecule has 25 heavy (non-hydrogen) atoms. The van der Waals surface area contributed by atoms with Crippen LogP contribution in [0.5, 0.6) is 0 Å². The minimum atomic E-state index is -4.72. The van der Waals surface area contributed by atoms with Gasteiger partial charge in [-0.3, -0.25) is 4.57 Å². The fourth-order valence-corrected chi connectivity index (χ4v) is 2.95. The van der Waals surface area contributed by atoms with E-state index >= 15 is 0 Å². The van der Waals surface area contributed by atoms with E-state index < -0.39 is 35.3 Å². The molecule has 3 rings (SSSR count). The van der Waals surface area contributed by atoms with E-state index in [9.17, 15) is 32.3 Å². The molecular weight excluding hydrogens is 346 g/mol. The molecule has 6 nitrogen and oxygen atoms in total. The molecule has 1 N–H and O–H groups in total. The van der Waals surface area contributed by atoms with Crippen LogP contribution in [0.2, 0.25) is 0 Å². The molecule has 0 fully saturated rings. The highest BCUT2D eigenvalue weighted by atomic mass is 19.4. The molecule has 1 unspecified atom stereocenters. The Morgan fingerprint density at radius 1 is 1.32 bits per heavy atom. The number of hydrogen-bond acceptors (Lipinski definition) is 3. The number of aromatic nitrogens is 3. The number of nitrogens with zero attached hydrogens (tertiary/aromatic N) is 3. The molecule has 0 saturated carbocycles. The molecule has 0 spiro atoms. The Hall–Kier alpha value is -2.65. The Bertz CT molecular complexity index is 885. The lowest BCUT2D eigenvalue weighted by molar-refractivity contribution is -0.141. The summed E-state index contributed by atoms with van der Waals surface area (Å²) >= 11 is 0. The van der Waals surface area contributed by atoms with Crippen molar-refractivity contribution in [2.45, 2.75) is 38.0 Å². The third kappa shape index (κ3) is 3.28. The number of hydrogen-bond donors (Lipinski definition) is 1. The lowest BCUT2D eigenvalue weighted by atomic mass is 10.1. The van der Waals surface area contributed by atoms with Gasteiger partial charge in [-0.1, -0.05) is 0 Å². The van der Waals surface area contributed by atoms with Crippen molar-refractivity contribution in [1.82, 2.24) is 14.3 Å². The smallest absolute Gasteiger partial charge is 0.416 e. The van der Waals surface area contributed by atoms with Gasteiger partial charge >= 0.3 is 17.8 Å². The monoisotopic (exact) mass is 359 g/mol. The van der Waals surface area contributed by atoms with Gasteiger partial charge in [-0.2, -0.15) is 18.3 Å². The first-order chi connectivity index (χ1) is 11.7. The van der Waals surface area contributed by atoms with Gasteiger partial charge in [0.15, 0.2) is 0 Å². The van der Waals surface area contributed by atoms with Crippen molar-refractivity contribution in [2.24, 2.45) is 0 Å². The molecule has 1 aliphatic heterocycles. The summed E-state index contributed by atoms with van der Waals surface area (Å²) < 4.78 is 53.7. The fourth-order valence-electron chi connectivity index (χ4n) is 2.95. The Labute approximate surface area is 138 Å². The molecule has 2 heterocycles. The molecular formula is C15H13F4N3O3. The Morgan fingerprint density at radius 3 is 2.68 bits per heavy atom. The van der Waals surface area contributed by atoms with Crippen LogP contribution in [-0.4, -0.2) is 25.4 Å². The summed E-state index contributed by atoms with van der Waals surface area (Å²) in [5, 5.41) is 13.2. The summed E-state index contributed by atoms with van der Waals surface area (Å²) in [7, 11) is 0. The predicted molar refractivity (Wildman–Crippen MR) is 76.6 cm³/mol. The number of carboxylic acids is 1. The topological polar surface area (TPSA) is 77.1 Å². The van der Waals surface area contributed by atoms with Gasteiger partial charge in [-0.05, 0) is 36.6 Å². The molecule has 0 bridgehead atoms. The van der Waals surface area contributed by atoms with E-state index in [2.05, 4.69) is 5.10 Å². The standard InChI is InChI=1S/C15H13F4N3O3/c16-10-5-8(4-9(6-10)15(17,18)19)7-21-14(25)22-11(13(23)24)2-1-3-12(22)20-21/h4-6,11H,1-3,7H2,(H,23,24). The maximum atomic E-state index is 13.5. The molecule has 1 aliphatic rings. The zero-order chi connectivity index (χ0) is 18.4. The Balaban J connectivity index is 1.99. The molecule has 10 heteroatoms. The summed E-state index contributed by atoms with van der Waals surface area (Å²) in [6.07, 6.45) is -3.52. The van der Waals surface area contributed by atoms with Gasteiger partial charge in [0.2, 0.25) is 0 Å². The highest BCUT2D eigenvalue weighted by molar-refractivity contribution is 5.72. The van der Waals surface area contributed by atoms with Crippen molar-refractivity contribution in [1.29, 1.82) is 0 Å². The van der Waals surface area contributed by atoms with Gasteiger partial charge in [-0.25, -0.2) is 18.7 Å². The molecule has 1 atom stereocenters. The molecule has 0 saturated heterocycles. The predicted octanol–water partition coefficient (Wildman–Crippen LogP) is 2.21. The van der Waals surface area contributed by atoms with Crippen molar-refractivity contribution < 1.29 is 27.5 Å². The molecule has 1 aromatic carbocycles. The fraction of sp³-hybridized carbons (Fsp3) is 0.400. The summed E-state index contributed by atoms with van der Waals surface area (Å²) in [6, 6.07) is 0.936. The average Bonchev–Trinajstić information content (AvgIpc) is 2.82. The van der Waals surface area contributed by atoms with Crippen LogP contribution >= 0.6 is 0 Å². The van der Waals surface area contributed by atoms with E-state index in [1.54, 1.807) is 0 Å². The van der Waals surface area contributed by atoms with Crippen LogP contribution < -0.4 is 5.69 Å². The average molecular weight is 359 g/mol. The van der Waals surface area contributed by atoms with Crippen molar-refractivity contribution >= 4 is 5.97 Å². The number of rotatable bonds is 3. The quantitative estimate of drug-likeness (QED) is 0.853. The van der Waals surface area contributed by atoms with E-state index in [1.165, 1.54) is 0 Å². The summed E-state index contributed by atoms with van der Waals surface area (Å²) in [4.78, 5) is 23.6. The van der Waals surface area contributed by atoms with Crippen molar-refractivity contribution in [2.75, 3.05) is 0 Å². The number of benzene rings is 1. The van der Waals surface area contributed by atoms with Crippen LogP contribution in [0.15, 0.2) is 23.0 Å². The van der Waals surface area contributed by atoms with Crippen LogP contribution in [0, 0.1) is 5.82 Å². The van der Waals surface area contributed by atoms with Gasteiger partial charge in [0.25, 0.3) is 0 Å². The van der Waals surface area contributed by atoms with Gasteiger partial charge in [-0.15, -0.1) is 0 Å². The van der Waals surface area contributed by atoms with Crippen molar-refractivity contribution in [3.05, 3.63) is 51.5 Å². The maximum Gasteiger partial charge on any atom is 0.416 e. The van der Waals surface area contributed by atoms with E-state index in [1.807, 2.05) is 0 Å². The molecule has 0 amide bonds. The Kier molecular flexibility index (Phi) is 4.13. The molecule has 0 radical (unpaired) electrons. The largest absolute Gasteiger partial charge is 0.480 e. The molecule has 1 aromatic heterocycles. The highest BCUT2D eigenvalue weighted by Gasteiger charge is 2.32. The minimum Gasteiger partial charge on any atom is -0.480 e. The number of aryl methyl sites for hydroxylation is 1. The third-order valence-electron chi connectivity index (χ3n) is 4.03. The minimum absolute atomic E-state index is 0.0863. The van der Waals surface area contributed by atoms with E-state index in [4.69, 9.17) is 0 Å². The van der Waals surface area contributed by atoms with Crippen molar-refractivity contribution in [3.8, 4) is 0 Å². The summed E-state index contributed by atoms with van der Waals surface area (Å²) in [5.74, 6) is -1.99. The maximum absolute atomic E-state index is 13.5. The second-order valence-corrected chi connectivity index (χ2v) is 5.82. The number of carbonyl (C=O) groups is 1. The summed E-state index contributed by atoms with van der Waals surface area (Å²) in [6.45, 7) is -0.383. The highest BCUT2D eigenvalue weighted by Crippen LogP contribution is 2.30. The molecule has 2 aromatic rings. The molecule has 134 valence electrons. The first-order valence-corrected chi connectivity index (χ1v) is 7.44. The number of aliphatic carboxylic acids is 1. The second kappa shape index (κ2) is 6.01. The first-order valence-electron chi connectivity index (χ1n) is 7.44. The van der Waals surface area contributed by atoms with Gasteiger partial charge in [0, 0.05) is 6.42 Å². The normalized spacial score (nSPS) is 17.4. The van der Waals surface area contributed by atoms with Crippen molar-refractivity contribution in [3.63, 3.8) is 0 Å². The van der Waals surface area contributed by atoms with Crippen LogP contribution in [0.25, 0.3) is 0 Å². The molecule has 0 aliphatic carbocycles. The van der Waals surface area contributed by atoms with E-state index in [0.29, 0.717) is 18.9 Å². The van der Waals surface area contributed by atoms with Gasteiger partial charge in [0.05, 0.1) is 12.1 Å². The lowest BCUT2D eigenvalue weighted by Crippen LogP contribution is -2.34. The van der Waals surface area contributed by atoms with Gasteiger partial charge in [0.1, 0.15) is 17.7 Å². The van der Waals surface area contributed by atoms with E-state index in [0.717, 1.165) is 21.4 Å². The SMILES string of the molecule is O=C(O)C1CCCc2nn(Cc3cc(F)cc(C(F)(F)F)c3)c(=O)n21.